The van der Waals surface area contributed by atoms with Gasteiger partial charge in [-0.15, -0.1) is 0 Å². The van der Waals surface area contributed by atoms with Crippen LogP contribution in [0.4, 0.5) is 0 Å². The smallest absolute Gasteiger partial charge is 0.258 e. The maximum atomic E-state index is 13.2. The lowest BCUT2D eigenvalue weighted by Gasteiger charge is -2.34. The van der Waals surface area contributed by atoms with Gasteiger partial charge in [0.15, 0.2) is 0 Å². The molecule has 10 heteroatoms. The van der Waals surface area contributed by atoms with E-state index in [-0.39, 0.29) is 47.2 Å². The number of aromatic nitrogens is 2. The van der Waals surface area contributed by atoms with Gasteiger partial charge in [0.25, 0.3) is 5.91 Å². The largest absolute Gasteiger partial charge is 0.336 e. The Hall–Kier alpha value is -2.39. The molecule has 1 fully saturated rings. The number of amides is 1. The predicted molar refractivity (Wildman–Crippen MR) is 124 cm³/mol. The average molecular weight is 493 g/mol. The van der Waals surface area contributed by atoms with Crippen LogP contribution in [0.25, 0.3) is 0 Å². The van der Waals surface area contributed by atoms with Crippen LogP contribution in [0.15, 0.2) is 59.5 Å². The Balaban J connectivity index is 1.48. The Morgan fingerprint density at radius 3 is 2.25 bits per heavy atom. The van der Waals surface area contributed by atoms with Crippen LogP contribution in [0.5, 0.6) is 0 Å². The molecule has 0 saturated carbocycles. The third kappa shape index (κ3) is 4.41. The molecular weight excluding hydrogens is 471 g/mol. The summed E-state index contributed by atoms with van der Waals surface area (Å²) >= 11 is 12.6. The Bertz CT molecular complexity index is 1240. The molecule has 2 aromatic carbocycles. The molecule has 4 rings (SSSR count). The zero-order valence-corrected chi connectivity index (χ0v) is 19.7. The highest BCUT2D eigenvalue weighted by Gasteiger charge is 2.33. The van der Waals surface area contributed by atoms with E-state index in [2.05, 4.69) is 5.10 Å². The van der Waals surface area contributed by atoms with Crippen LogP contribution < -0.4 is 0 Å². The van der Waals surface area contributed by atoms with Crippen molar-refractivity contribution in [3.63, 3.8) is 0 Å². The first-order valence-electron chi connectivity index (χ1n) is 10.1. The van der Waals surface area contributed by atoms with Crippen molar-refractivity contribution >= 4 is 39.1 Å². The summed E-state index contributed by atoms with van der Waals surface area (Å²) in [6, 6.07) is 16.1. The van der Waals surface area contributed by atoms with Gasteiger partial charge < -0.3 is 4.90 Å². The summed E-state index contributed by atoms with van der Waals surface area (Å²) in [6.07, 6.45) is 0. The molecule has 0 radical (unpaired) electrons. The van der Waals surface area contributed by atoms with Gasteiger partial charge >= 0.3 is 0 Å². The first-order chi connectivity index (χ1) is 15.3. The third-order valence-corrected chi connectivity index (χ3v) is 8.22. The van der Waals surface area contributed by atoms with Crippen molar-refractivity contribution in [2.75, 3.05) is 26.2 Å². The second-order valence-corrected chi connectivity index (χ2v) is 10.2. The first-order valence-corrected chi connectivity index (χ1v) is 12.3. The molecule has 1 saturated heterocycles. The van der Waals surface area contributed by atoms with E-state index in [1.54, 1.807) is 34.7 Å². The normalized spacial score (nSPS) is 15.2. The lowest BCUT2D eigenvalue weighted by molar-refractivity contribution is 0.0697. The molecule has 168 valence electrons. The number of piperazine rings is 1. The average Bonchev–Trinajstić information content (AvgIpc) is 3.07. The van der Waals surface area contributed by atoms with Gasteiger partial charge in [-0.3, -0.25) is 4.79 Å². The molecule has 1 aromatic heterocycles. The fourth-order valence-electron chi connectivity index (χ4n) is 3.74. The Labute approximate surface area is 197 Å². The van der Waals surface area contributed by atoms with E-state index in [1.807, 2.05) is 30.3 Å². The van der Waals surface area contributed by atoms with Gasteiger partial charge in [-0.05, 0) is 24.6 Å². The number of benzene rings is 2. The molecule has 1 amide bonds. The van der Waals surface area contributed by atoms with Gasteiger partial charge in [0, 0.05) is 26.2 Å². The van der Waals surface area contributed by atoms with Gasteiger partial charge in [0.1, 0.15) is 10.0 Å². The number of carbonyl (C=O) groups is 1. The van der Waals surface area contributed by atoms with Crippen molar-refractivity contribution in [3.05, 3.63) is 81.6 Å². The van der Waals surface area contributed by atoms with Crippen molar-refractivity contribution in [2.24, 2.45) is 0 Å². The molecule has 0 unspecified atom stereocenters. The number of rotatable bonds is 5. The lowest BCUT2D eigenvalue weighted by Crippen LogP contribution is -2.50. The van der Waals surface area contributed by atoms with Crippen molar-refractivity contribution < 1.29 is 13.2 Å². The molecule has 7 nitrogen and oxygen atoms in total. The highest BCUT2D eigenvalue weighted by molar-refractivity contribution is 7.89. The molecule has 0 atom stereocenters. The second kappa shape index (κ2) is 9.23. The second-order valence-electron chi connectivity index (χ2n) is 7.52. The summed E-state index contributed by atoms with van der Waals surface area (Å²) in [7, 11) is -3.73. The molecular formula is C22H22Cl2N4O3S. The summed E-state index contributed by atoms with van der Waals surface area (Å²) in [6.45, 7) is 3.06. The number of aryl methyl sites for hydroxylation is 1. The van der Waals surface area contributed by atoms with Crippen molar-refractivity contribution in [3.8, 4) is 0 Å². The Kier molecular flexibility index (Phi) is 6.57. The summed E-state index contributed by atoms with van der Waals surface area (Å²) in [4.78, 5) is 14.9. The van der Waals surface area contributed by atoms with Crippen molar-refractivity contribution in [1.82, 2.24) is 19.0 Å². The van der Waals surface area contributed by atoms with Crippen LogP contribution in [0.2, 0.25) is 10.2 Å². The predicted octanol–water partition coefficient (Wildman–Crippen LogP) is 3.69. The van der Waals surface area contributed by atoms with Crippen LogP contribution in [-0.4, -0.2) is 59.5 Å². The van der Waals surface area contributed by atoms with E-state index in [0.717, 1.165) is 5.56 Å². The molecule has 0 spiro atoms. The lowest BCUT2D eigenvalue weighted by atomic mass is 10.2. The van der Waals surface area contributed by atoms with Gasteiger partial charge in [0.2, 0.25) is 10.0 Å². The monoisotopic (exact) mass is 492 g/mol. The summed E-state index contributed by atoms with van der Waals surface area (Å²) < 4.78 is 28.8. The van der Waals surface area contributed by atoms with Gasteiger partial charge in [-0.25, -0.2) is 13.1 Å². The minimum absolute atomic E-state index is 0.0718. The summed E-state index contributed by atoms with van der Waals surface area (Å²) in [5.74, 6) is -0.249. The van der Waals surface area contributed by atoms with Crippen LogP contribution in [0, 0.1) is 6.92 Å². The van der Waals surface area contributed by atoms with Crippen LogP contribution in [0.1, 0.15) is 21.6 Å². The molecule has 32 heavy (non-hydrogen) atoms. The maximum Gasteiger partial charge on any atom is 0.258 e. The molecule has 0 bridgehead atoms. The number of nitrogens with zero attached hydrogens (tertiary/aromatic N) is 4. The zero-order valence-electron chi connectivity index (χ0n) is 17.4. The third-order valence-electron chi connectivity index (χ3n) is 5.43. The molecule has 1 aliphatic rings. The van der Waals surface area contributed by atoms with Crippen molar-refractivity contribution in [2.45, 2.75) is 18.4 Å². The molecule has 3 aromatic rings. The highest BCUT2D eigenvalue weighted by Crippen LogP contribution is 2.27. The summed E-state index contributed by atoms with van der Waals surface area (Å²) in [5, 5.41) is 4.90. The minimum atomic E-state index is -3.73. The van der Waals surface area contributed by atoms with Gasteiger partial charge in [-0.2, -0.15) is 9.40 Å². The maximum absolute atomic E-state index is 13.2. The quantitative estimate of drug-likeness (QED) is 0.544. The zero-order chi connectivity index (χ0) is 22.9. The Morgan fingerprint density at radius 2 is 1.59 bits per heavy atom. The molecule has 0 aliphatic carbocycles. The standard InChI is InChI=1S/C22H22Cl2N4O3S/c1-16-20(21(24)28(25-16)15-17-7-3-2-4-8-17)22(29)26-11-13-27(14-12-26)32(30,31)19-10-6-5-9-18(19)23/h2-10H,11-15H2,1H3. The van der Waals surface area contributed by atoms with E-state index in [1.165, 1.54) is 10.4 Å². The number of carbonyl (C=O) groups excluding carboxylic acids is 1. The first kappa shape index (κ1) is 22.8. The van der Waals surface area contributed by atoms with Crippen LogP contribution in [0.3, 0.4) is 0 Å². The molecule has 2 heterocycles. The molecule has 1 aliphatic heterocycles. The fourth-order valence-corrected chi connectivity index (χ4v) is 5.97. The highest BCUT2D eigenvalue weighted by atomic mass is 35.5. The van der Waals surface area contributed by atoms with Crippen LogP contribution in [-0.2, 0) is 16.6 Å². The van der Waals surface area contributed by atoms with Crippen molar-refractivity contribution in [1.29, 1.82) is 0 Å². The minimum Gasteiger partial charge on any atom is -0.336 e. The van der Waals surface area contributed by atoms with E-state index in [4.69, 9.17) is 23.2 Å². The topological polar surface area (TPSA) is 75.5 Å². The van der Waals surface area contributed by atoms with E-state index < -0.39 is 10.0 Å². The van der Waals surface area contributed by atoms with Gasteiger partial charge in [0.05, 0.1) is 22.8 Å². The fraction of sp³-hybridized carbons (Fsp3) is 0.273. The summed E-state index contributed by atoms with van der Waals surface area (Å²) in [5.41, 5.74) is 1.92. The number of sulfonamides is 1. The number of halogens is 2. The number of hydrogen-bond acceptors (Lipinski definition) is 4. The van der Waals surface area contributed by atoms with Gasteiger partial charge in [-0.1, -0.05) is 65.7 Å². The molecule has 0 N–H and O–H groups in total. The van der Waals surface area contributed by atoms with E-state index in [9.17, 15) is 13.2 Å². The number of hydrogen-bond donors (Lipinski definition) is 0. The van der Waals surface area contributed by atoms with E-state index >= 15 is 0 Å². The van der Waals surface area contributed by atoms with Crippen LogP contribution >= 0.6 is 23.2 Å². The Morgan fingerprint density at radius 1 is 0.969 bits per heavy atom. The van der Waals surface area contributed by atoms with E-state index in [0.29, 0.717) is 17.8 Å². The SMILES string of the molecule is Cc1nn(Cc2ccccc2)c(Cl)c1C(=O)N1CCN(S(=O)(=O)c2ccccc2Cl)CC1.